The van der Waals surface area contributed by atoms with E-state index in [0.717, 1.165) is 6.20 Å². The van der Waals surface area contributed by atoms with E-state index in [2.05, 4.69) is 21.2 Å². The molecule has 1 aromatic rings. The minimum absolute atomic E-state index is 0.0837. The van der Waals surface area contributed by atoms with Crippen LogP contribution in [0.2, 0.25) is 0 Å². The molecule has 16 heavy (non-hydrogen) atoms. The summed E-state index contributed by atoms with van der Waals surface area (Å²) in [6, 6.07) is 0. The van der Waals surface area contributed by atoms with Crippen LogP contribution in [0, 0.1) is 22.5 Å². The van der Waals surface area contributed by atoms with Gasteiger partial charge in [0.05, 0.1) is 4.92 Å². The van der Waals surface area contributed by atoms with E-state index in [9.17, 15) is 10.1 Å². The van der Waals surface area contributed by atoms with Gasteiger partial charge in [0.1, 0.15) is 12.8 Å². The van der Waals surface area contributed by atoms with Crippen LogP contribution in [0.3, 0.4) is 0 Å². The van der Waals surface area contributed by atoms with Gasteiger partial charge < -0.3 is 10.1 Å². The Morgan fingerprint density at radius 3 is 3.06 bits per heavy atom. The highest BCUT2D eigenvalue weighted by atomic mass is 16.6. The van der Waals surface area contributed by atoms with Gasteiger partial charge in [-0.15, -0.1) is 12.3 Å². The number of aromatic nitrogens is 2. The summed E-state index contributed by atoms with van der Waals surface area (Å²) in [6.45, 7) is 0.178. The molecule has 0 aliphatic heterocycles. The molecule has 7 nitrogen and oxygen atoms in total. The molecule has 0 aliphatic carbocycles. The number of nitrogens with one attached hydrogen (secondary N) is 1. The van der Waals surface area contributed by atoms with Gasteiger partial charge in [0, 0.05) is 13.5 Å². The fourth-order valence-corrected chi connectivity index (χ4v) is 0.918. The summed E-state index contributed by atoms with van der Waals surface area (Å²) >= 11 is 0. The number of hydrogen-bond donors (Lipinski definition) is 1. The zero-order chi connectivity index (χ0) is 12.0. The van der Waals surface area contributed by atoms with Gasteiger partial charge >= 0.3 is 5.69 Å². The summed E-state index contributed by atoms with van der Waals surface area (Å²) in [5.41, 5.74) is -0.281. The molecule has 7 heteroatoms. The summed E-state index contributed by atoms with van der Waals surface area (Å²) in [5, 5.41) is 13.3. The number of hydrogen-bond acceptors (Lipinski definition) is 6. The van der Waals surface area contributed by atoms with Crippen LogP contribution in [0.1, 0.15) is 6.42 Å². The lowest BCUT2D eigenvalue weighted by atomic mass is 10.5. The predicted octanol–water partition coefficient (Wildman–Crippen LogP) is 0.829. The molecule has 0 fully saturated rings. The lowest BCUT2D eigenvalue weighted by molar-refractivity contribution is -0.386. The minimum Gasteiger partial charge on any atom is -0.472 e. The first kappa shape index (κ1) is 11.7. The Morgan fingerprint density at radius 1 is 1.75 bits per heavy atom. The Balaban J connectivity index is 2.92. The van der Waals surface area contributed by atoms with E-state index >= 15 is 0 Å². The van der Waals surface area contributed by atoms with E-state index in [1.54, 1.807) is 7.05 Å². The predicted molar refractivity (Wildman–Crippen MR) is 57.2 cm³/mol. The summed E-state index contributed by atoms with van der Waals surface area (Å²) in [5.74, 6) is 2.53. The van der Waals surface area contributed by atoms with Crippen molar-refractivity contribution in [2.45, 2.75) is 6.42 Å². The molecular weight excluding hydrogens is 212 g/mol. The summed E-state index contributed by atoms with van der Waals surface area (Å²) in [4.78, 5) is 17.6. The topological polar surface area (TPSA) is 90.2 Å². The summed E-state index contributed by atoms with van der Waals surface area (Å²) in [7, 11) is 1.60. The smallest absolute Gasteiger partial charge is 0.349 e. The Morgan fingerprint density at radius 2 is 2.50 bits per heavy atom. The number of rotatable bonds is 5. The SMILES string of the molecule is C#CCCOc1nc(NC)ncc1[N+](=O)[O-]. The highest BCUT2D eigenvalue weighted by Gasteiger charge is 2.18. The molecular formula is C9H10N4O3. The van der Waals surface area contributed by atoms with E-state index in [1.165, 1.54) is 0 Å². The van der Waals surface area contributed by atoms with Crippen molar-refractivity contribution in [3.8, 4) is 18.2 Å². The zero-order valence-corrected chi connectivity index (χ0v) is 8.64. The van der Waals surface area contributed by atoms with Gasteiger partial charge in [-0.05, 0) is 0 Å². The molecule has 0 amide bonds. The fourth-order valence-electron chi connectivity index (χ4n) is 0.918. The van der Waals surface area contributed by atoms with E-state index in [4.69, 9.17) is 11.2 Å². The molecule has 0 bridgehead atoms. The van der Waals surface area contributed by atoms with Gasteiger partial charge in [-0.1, -0.05) is 0 Å². The third-order valence-electron chi connectivity index (χ3n) is 1.64. The van der Waals surface area contributed by atoms with Gasteiger partial charge in [-0.3, -0.25) is 10.1 Å². The van der Waals surface area contributed by atoms with Crippen LogP contribution in [-0.2, 0) is 0 Å². The Bertz CT molecular complexity index is 427. The lowest BCUT2D eigenvalue weighted by Gasteiger charge is -2.04. The van der Waals surface area contributed by atoms with Crippen LogP contribution in [-0.4, -0.2) is 28.5 Å². The molecule has 1 heterocycles. The summed E-state index contributed by atoms with van der Waals surface area (Å²) in [6.07, 6.45) is 6.48. The standard InChI is InChI=1S/C9H10N4O3/c1-3-4-5-16-8-7(13(14)15)6-11-9(10-2)12-8/h1,6H,4-5H2,2H3,(H,10,11,12). The monoisotopic (exact) mass is 222 g/mol. The molecule has 84 valence electrons. The Labute approximate surface area is 92.0 Å². The molecule has 0 saturated heterocycles. The van der Waals surface area contributed by atoms with Crippen molar-refractivity contribution in [1.82, 2.24) is 9.97 Å². The van der Waals surface area contributed by atoms with Gasteiger partial charge in [-0.2, -0.15) is 4.98 Å². The molecule has 0 unspecified atom stereocenters. The molecule has 0 aliphatic rings. The van der Waals surface area contributed by atoms with E-state index in [-0.39, 0.29) is 24.1 Å². The van der Waals surface area contributed by atoms with Gasteiger partial charge in [0.2, 0.25) is 5.95 Å². The molecule has 0 saturated carbocycles. The quantitative estimate of drug-likeness (QED) is 0.343. The van der Waals surface area contributed by atoms with Crippen molar-refractivity contribution in [3.63, 3.8) is 0 Å². The van der Waals surface area contributed by atoms with Gasteiger partial charge in [-0.25, -0.2) is 4.98 Å². The molecule has 1 N–H and O–H groups in total. The second-order valence-electron chi connectivity index (χ2n) is 2.69. The van der Waals surface area contributed by atoms with Crippen molar-refractivity contribution in [3.05, 3.63) is 16.3 Å². The van der Waals surface area contributed by atoms with Crippen molar-refractivity contribution in [1.29, 1.82) is 0 Å². The van der Waals surface area contributed by atoms with Crippen molar-refractivity contribution in [2.24, 2.45) is 0 Å². The Hall–Kier alpha value is -2.36. The van der Waals surface area contributed by atoms with Crippen molar-refractivity contribution < 1.29 is 9.66 Å². The maximum atomic E-state index is 10.6. The largest absolute Gasteiger partial charge is 0.472 e. The average Bonchev–Trinajstić information content (AvgIpc) is 2.29. The van der Waals surface area contributed by atoms with Crippen molar-refractivity contribution in [2.75, 3.05) is 19.0 Å². The average molecular weight is 222 g/mol. The Kier molecular flexibility index (Phi) is 4.03. The highest BCUT2D eigenvalue weighted by molar-refractivity contribution is 5.42. The van der Waals surface area contributed by atoms with Gasteiger partial charge in [0.15, 0.2) is 0 Å². The zero-order valence-electron chi connectivity index (χ0n) is 8.64. The maximum absolute atomic E-state index is 10.6. The van der Waals surface area contributed by atoms with E-state index < -0.39 is 4.92 Å². The third-order valence-corrected chi connectivity index (χ3v) is 1.64. The van der Waals surface area contributed by atoms with Gasteiger partial charge in [0.25, 0.3) is 5.88 Å². The highest BCUT2D eigenvalue weighted by Crippen LogP contribution is 2.24. The molecule has 0 aromatic carbocycles. The van der Waals surface area contributed by atoms with E-state index in [0.29, 0.717) is 6.42 Å². The normalized spacial score (nSPS) is 9.25. The molecule has 0 radical (unpaired) electrons. The van der Waals surface area contributed by atoms with Crippen LogP contribution in [0.5, 0.6) is 5.88 Å². The number of ether oxygens (including phenoxy) is 1. The molecule has 0 spiro atoms. The number of nitrogens with zero attached hydrogens (tertiary/aromatic N) is 3. The van der Waals surface area contributed by atoms with Crippen LogP contribution in [0.15, 0.2) is 6.20 Å². The minimum atomic E-state index is -0.607. The first-order chi connectivity index (χ1) is 7.69. The van der Waals surface area contributed by atoms with Crippen LogP contribution < -0.4 is 10.1 Å². The lowest BCUT2D eigenvalue weighted by Crippen LogP contribution is -2.05. The number of anilines is 1. The van der Waals surface area contributed by atoms with Crippen LogP contribution in [0.25, 0.3) is 0 Å². The molecule has 0 atom stereocenters. The molecule has 1 rings (SSSR count). The first-order valence-electron chi connectivity index (χ1n) is 4.44. The fraction of sp³-hybridized carbons (Fsp3) is 0.333. The first-order valence-corrected chi connectivity index (χ1v) is 4.44. The third kappa shape index (κ3) is 2.81. The second kappa shape index (κ2) is 5.50. The van der Waals surface area contributed by atoms with Crippen LogP contribution >= 0.6 is 0 Å². The van der Waals surface area contributed by atoms with Crippen LogP contribution in [0.4, 0.5) is 11.6 Å². The van der Waals surface area contributed by atoms with Crippen molar-refractivity contribution >= 4 is 11.6 Å². The number of terminal acetylenes is 1. The second-order valence-corrected chi connectivity index (χ2v) is 2.69. The van der Waals surface area contributed by atoms with E-state index in [1.807, 2.05) is 0 Å². The molecule has 1 aromatic heterocycles. The maximum Gasteiger partial charge on any atom is 0.349 e. The summed E-state index contributed by atoms with van der Waals surface area (Å²) < 4.78 is 5.11. The number of nitro groups is 1.